The van der Waals surface area contributed by atoms with E-state index in [1.165, 1.54) is 0 Å². The van der Waals surface area contributed by atoms with Gasteiger partial charge >= 0.3 is 0 Å². The SMILES string of the molecule is O=C(NC(=S)N1CC2C[C@H](C1)Cn1c2cccc1=O)c1ccccc1I. The smallest absolute Gasteiger partial charge is 0.258 e. The molecule has 7 heteroatoms. The molecule has 1 amide bonds. The molecule has 1 saturated heterocycles. The van der Waals surface area contributed by atoms with Gasteiger partial charge in [-0.25, -0.2) is 0 Å². The van der Waals surface area contributed by atoms with Crippen molar-refractivity contribution in [2.45, 2.75) is 18.9 Å². The summed E-state index contributed by atoms with van der Waals surface area (Å²) in [5.74, 6) is 0.462. The molecule has 2 aliphatic heterocycles. The fraction of sp³-hybridized carbons (Fsp3) is 0.316. The number of hydrogen-bond donors (Lipinski definition) is 1. The Balaban J connectivity index is 1.50. The first kappa shape index (κ1) is 17.7. The van der Waals surface area contributed by atoms with Crippen molar-refractivity contribution in [2.24, 2.45) is 5.92 Å². The van der Waals surface area contributed by atoms with Crippen molar-refractivity contribution >= 4 is 45.8 Å². The van der Waals surface area contributed by atoms with Crippen LogP contribution >= 0.6 is 34.8 Å². The van der Waals surface area contributed by atoms with Gasteiger partial charge in [-0.15, -0.1) is 0 Å². The van der Waals surface area contributed by atoms with E-state index in [1.54, 1.807) is 12.1 Å². The first-order valence-corrected chi connectivity index (χ1v) is 10.1. The number of nitrogens with zero attached hydrogens (tertiary/aromatic N) is 2. The number of piperidine rings is 1. The average Bonchev–Trinajstić information content (AvgIpc) is 2.63. The number of nitrogens with one attached hydrogen (secondary N) is 1. The van der Waals surface area contributed by atoms with Crippen LogP contribution in [0.25, 0.3) is 0 Å². The van der Waals surface area contributed by atoms with Gasteiger partial charge in [0.25, 0.3) is 11.5 Å². The van der Waals surface area contributed by atoms with E-state index in [4.69, 9.17) is 12.2 Å². The third kappa shape index (κ3) is 3.29. The highest BCUT2D eigenvalue weighted by Crippen LogP contribution is 2.34. The minimum Gasteiger partial charge on any atom is -0.348 e. The summed E-state index contributed by atoms with van der Waals surface area (Å²) in [6.07, 6.45) is 1.06. The number of rotatable bonds is 1. The first-order chi connectivity index (χ1) is 12.5. The van der Waals surface area contributed by atoms with Crippen LogP contribution in [0, 0.1) is 9.49 Å². The fourth-order valence-electron chi connectivity index (χ4n) is 3.95. The largest absolute Gasteiger partial charge is 0.348 e. The van der Waals surface area contributed by atoms with Gasteiger partial charge in [-0.3, -0.25) is 14.9 Å². The molecule has 1 unspecified atom stereocenters. The molecule has 26 heavy (non-hydrogen) atoms. The second-order valence-corrected chi connectivity index (χ2v) is 8.39. The van der Waals surface area contributed by atoms with E-state index in [9.17, 15) is 9.59 Å². The zero-order valence-electron chi connectivity index (χ0n) is 14.0. The van der Waals surface area contributed by atoms with Gasteiger partial charge in [-0.2, -0.15) is 0 Å². The number of thiocarbonyl (C=S) groups is 1. The fourth-order valence-corrected chi connectivity index (χ4v) is 4.83. The quantitative estimate of drug-likeness (QED) is 0.505. The predicted molar refractivity (Wildman–Crippen MR) is 112 cm³/mol. The Morgan fingerprint density at radius 3 is 2.73 bits per heavy atom. The van der Waals surface area contributed by atoms with Crippen LogP contribution in [0.4, 0.5) is 0 Å². The second kappa shape index (κ2) is 7.11. The van der Waals surface area contributed by atoms with Crippen molar-refractivity contribution in [1.29, 1.82) is 0 Å². The third-order valence-corrected chi connectivity index (χ3v) is 6.41. The molecular weight excluding hydrogens is 461 g/mol. The number of carbonyl (C=O) groups is 1. The van der Waals surface area contributed by atoms with Crippen molar-refractivity contribution < 1.29 is 4.79 Å². The molecule has 2 aliphatic rings. The third-order valence-electron chi connectivity index (χ3n) is 5.11. The van der Waals surface area contributed by atoms with E-state index in [1.807, 2.05) is 34.9 Å². The van der Waals surface area contributed by atoms with E-state index in [0.717, 1.165) is 35.3 Å². The molecule has 0 spiro atoms. The number of hydrogen-bond acceptors (Lipinski definition) is 3. The van der Waals surface area contributed by atoms with Crippen molar-refractivity contribution in [3.8, 4) is 0 Å². The Hall–Kier alpha value is -1.74. The summed E-state index contributed by atoms with van der Waals surface area (Å²) >= 11 is 7.67. The van der Waals surface area contributed by atoms with E-state index in [0.29, 0.717) is 16.6 Å². The molecule has 5 nitrogen and oxygen atoms in total. The summed E-state index contributed by atoms with van der Waals surface area (Å²) in [5, 5.41) is 3.35. The summed E-state index contributed by atoms with van der Waals surface area (Å²) in [7, 11) is 0. The molecule has 1 fully saturated rings. The van der Waals surface area contributed by atoms with Gasteiger partial charge in [0, 0.05) is 40.9 Å². The van der Waals surface area contributed by atoms with Crippen molar-refractivity contribution in [1.82, 2.24) is 14.8 Å². The van der Waals surface area contributed by atoms with Crippen LogP contribution in [0.2, 0.25) is 0 Å². The van der Waals surface area contributed by atoms with E-state index in [2.05, 4.69) is 32.8 Å². The molecule has 2 bridgehead atoms. The number of likely N-dealkylation sites (tertiary alicyclic amines) is 1. The van der Waals surface area contributed by atoms with Gasteiger partial charge in [-0.05, 0) is 65.3 Å². The molecule has 1 aromatic carbocycles. The molecule has 3 heterocycles. The number of amides is 1. The summed E-state index contributed by atoms with van der Waals surface area (Å²) < 4.78 is 2.79. The molecule has 1 aromatic heterocycles. The maximum absolute atomic E-state index is 12.5. The van der Waals surface area contributed by atoms with Crippen LogP contribution in [0.5, 0.6) is 0 Å². The molecule has 1 N–H and O–H groups in total. The van der Waals surface area contributed by atoms with Crippen molar-refractivity contribution in [3.63, 3.8) is 0 Å². The minimum atomic E-state index is -0.174. The van der Waals surface area contributed by atoms with Gasteiger partial charge in [0.05, 0.1) is 5.56 Å². The molecule has 2 aromatic rings. The van der Waals surface area contributed by atoms with E-state index < -0.39 is 0 Å². The minimum absolute atomic E-state index is 0.0696. The monoisotopic (exact) mass is 479 g/mol. The average molecular weight is 479 g/mol. The number of carbonyl (C=O) groups excluding carboxylic acids is 1. The van der Waals surface area contributed by atoms with Crippen molar-refractivity contribution in [2.75, 3.05) is 13.1 Å². The van der Waals surface area contributed by atoms with Gasteiger partial charge in [0.15, 0.2) is 5.11 Å². The Morgan fingerprint density at radius 1 is 1.12 bits per heavy atom. The highest BCUT2D eigenvalue weighted by molar-refractivity contribution is 14.1. The summed E-state index contributed by atoms with van der Waals surface area (Å²) in [6.45, 7) is 2.21. The molecular formula is C19H18IN3O2S. The molecule has 4 rings (SSSR count). The molecule has 0 saturated carbocycles. The Bertz CT molecular complexity index is 942. The van der Waals surface area contributed by atoms with Gasteiger partial charge in [0.2, 0.25) is 0 Å². The maximum Gasteiger partial charge on any atom is 0.258 e. The van der Waals surface area contributed by atoms with Crippen molar-refractivity contribution in [3.05, 3.63) is 67.6 Å². The number of aromatic nitrogens is 1. The van der Waals surface area contributed by atoms with Crippen LogP contribution in [0.3, 0.4) is 0 Å². The number of fused-ring (bicyclic) bond motifs is 4. The lowest BCUT2D eigenvalue weighted by molar-refractivity contribution is 0.0967. The normalized spacial score (nSPS) is 21.0. The number of benzene rings is 1. The van der Waals surface area contributed by atoms with Crippen LogP contribution in [0.15, 0.2) is 47.3 Å². The van der Waals surface area contributed by atoms with Crippen LogP contribution in [-0.2, 0) is 6.54 Å². The molecule has 0 radical (unpaired) electrons. The van der Waals surface area contributed by atoms with Crippen LogP contribution < -0.4 is 10.9 Å². The van der Waals surface area contributed by atoms with Crippen LogP contribution in [0.1, 0.15) is 28.4 Å². The van der Waals surface area contributed by atoms with E-state index >= 15 is 0 Å². The van der Waals surface area contributed by atoms with Gasteiger partial charge in [-0.1, -0.05) is 18.2 Å². The maximum atomic E-state index is 12.5. The Labute approximate surface area is 170 Å². The van der Waals surface area contributed by atoms with Gasteiger partial charge in [0.1, 0.15) is 0 Å². The molecule has 134 valence electrons. The molecule has 2 atom stereocenters. The second-order valence-electron chi connectivity index (χ2n) is 6.84. The Morgan fingerprint density at radius 2 is 1.92 bits per heavy atom. The zero-order chi connectivity index (χ0) is 18.3. The lowest BCUT2D eigenvalue weighted by Gasteiger charge is -2.43. The van der Waals surface area contributed by atoms with E-state index in [-0.39, 0.29) is 17.4 Å². The highest BCUT2D eigenvalue weighted by Gasteiger charge is 2.35. The highest BCUT2D eigenvalue weighted by atomic mass is 127. The summed E-state index contributed by atoms with van der Waals surface area (Å²) in [6, 6.07) is 12.9. The standard InChI is InChI=1S/C19H18IN3O2S/c20-15-5-2-1-4-14(15)18(25)21-19(26)22-9-12-8-13(11-22)16-6-3-7-17(24)23(16)10-12/h1-7,12-13H,8-11H2,(H,21,25,26)/t12-,13?/m1/s1. The number of pyridine rings is 1. The molecule has 0 aliphatic carbocycles. The predicted octanol–water partition coefficient (Wildman–Crippen LogP) is 2.59. The Kier molecular flexibility index (Phi) is 4.83. The first-order valence-electron chi connectivity index (χ1n) is 8.57. The topological polar surface area (TPSA) is 54.3 Å². The van der Waals surface area contributed by atoms with Gasteiger partial charge < -0.3 is 9.47 Å². The lowest BCUT2D eigenvalue weighted by Crippen LogP contribution is -2.52. The number of halogens is 1. The zero-order valence-corrected chi connectivity index (χ0v) is 17.0. The lowest BCUT2D eigenvalue weighted by atomic mass is 9.83. The summed E-state index contributed by atoms with van der Waals surface area (Å²) in [5.41, 5.74) is 1.77. The van der Waals surface area contributed by atoms with Crippen LogP contribution in [-0.4, -0.2) is 33.6 Å². The summed E-state index contributed by atoms with van der Waals surface area (Å²) in [4.78, 5) is 26.7.